The molecule has 3 nitrogen and oxygen atoms in total. The fraction of sp³-hybridized carbons (Fsp3) is 0.455. The molecular weight excluding hydrogens is 256 g/mol. The number of para-hydroxylation sites is 1. The second-order valence-electron chi connectivity index (χ2n) is 3.89. The maximum absolute atomic E-state index is 10.2. The molecule has 0 aromatic heterocycles. The topological polar surface area (TPSA) is 58.3 Å². The van der Waals surface area contributed by atoms with Gasteiger partial charge in [0.25, 0.3) is 0 Å². The lowest BCUT2D eigenvalue weighted by Crippen LogP contribution is -2.29. The van der Waals surface area contributed by atoms with Crippen LogP contribution in [0.4, 0.5) is 5.69 Å². The Balaban J connectivity index is 2.24. The molecule has 82 valence electrons. The SMILES string of the molecule is Nc1c(Br)cccc1C(O)C1CCCN1. The van der Waals surface area contributed by atoms with Gasteiger partial charge < -0.3 is 16.2 Å². The van der Waals surface area contributed by atoms with Crippen LogP contribution in [0.25, 0.3) is 0 Å². The minimum atomic E-state index is -0.509. The van der Waals surface area contributed by atoms with Gasteiger partial charge >= 0.3 is 0 Å². The summed E-state index contributed by atoms with van der Waals surface area (Å²) in [5.74, 6) is 0. The van der Waals surface area contributed by atoms with Crippen LogP contribution in [-0.4, -0.2) is 17.7 Å². The van der Waals surface area contributed by atoms with Gasteiger partial charge in [0.2, 0.25) is 0 Å². The summed E-state index contributed by atoms with van der Waals surface area (Å²) in [5.41, 5.74) is 7.36. The van der Waals surface area contributed by atoms with E-state index in [0.29, 0.717) is 5.69 Å². The summed E-state index contributed by atoms with van der Waals surface area (Å²) in [6.45, 7) is 0.982. The molecule has 2 unspecified atom stereocenters. The fourth-order valence-electron chi connectivity index (χ4n) is 2.01. The van der Waals surface area contributed by atoms with Crippen molar-refractivity contribution in [3.05, 3.63) is 28.2 Å². The Bertz CT molecular complexity index is 350. The van der Waals surface area contributed by atoms with Crippen molar-refractivity contribution >= 4 is 21.6 Å². The number of halogens is 1. The first kappa shape index (κ1) is 10.9. The highest BCUT2D eigenvalue weighted by Gasteiger charge is 2.25. The van der Waals surface area contributed by atoms with Crippen molar-refractivity contribution in [1.82, 2.24) is 5.32 Å². The Morgan fingerprint density at radius 3 is 3.00 bits per heavy atom. The lowest BCUT2D eigenvalue weighted by molar-refractivity contribution is 0.138. The van der Waals surface area contributed by atoms with Crippen molar-refractivity contribution in [2.45, 2.75) is 25.0 Å². The second kappa shape index (κ2) is 4.51. The number of nitrogens with two attached hydrogens (primary N) is 1. The molecule has 0 bridgehead atoms. The summed E-state index contributed by atoms with van der Waals surface area (Å²) in [6, 6.07) is 5.80. The molecule has 0 radical (unpaired) electrons. The fourth-order valence-corrected chi connectivity index (χ4v) is 2.39. The summed E-state index contributed by atoms with van der Waals surface area (Å²) in [5, 5.41) is 13.4. The standard InChI is InChI=1S/C11H15BrN2O/c12-8-4-1-3-7(10(8)13)11(15)9-5-2-6-14-9/h1,3-4,9,11,14-15H,2,5-6,13H2. The lowest BCUT2D eigenvalue weighted by Gasteiger charge is -2.20. The van der Waals surface area contributed by atoms with Crippen molar-refractivity contribution in [3.8, 4) is 0 Å². The second-order valence-corrected chi connectivity index (χ2v) is 4.74. The highest BCUT2D eigenvalue weighted by molar-refractivity contribution is 9.10. The van der Waals surface area contributed by atoms with E-state index in [4.69, 9.17) is 5.73 Å². The Labute approximate surface area is 97.8 Å². The van der Waals surface area contributed by atoms with Gasteiger partial charge in [0, 0.05) is 16.1 Å². The largest absolute Gasteiger partial charge is 0.398 e. The maximum atomic E-state index is 10.2. The zero-order chi connectivity index (χ0) is 10.8. The van der Waals surface area contributed by atoms with Gasteiger partial charge in [0.1, 0.15) is 0 Å². The van der Waals surface area contributed by atoms with Crippen LogP contribution in [0.15, 0.2) is 22.7 Å². The van der Waals surface area contributed by atoms with E-state index in [9.17, 15) is 5.11 Å². The van der Waals surface area contributed by atoms with E-state index in [1.54, 1.807) is 0 Å². The number of aliphatic hydroxyl groups is 1. The van der Waals surface area contributed by atoms with Gasteiger partial charge in [-0.05, 0) is 41.4 Å². The highest BCUT2D eigenvalue weighted by atomic mass is 79.9. The quantitative estimate of drug-likeness (QED) is 0.719. The predicted octanol–water partition coefficient (Wildman–Crippen LogP) is 1.82. The molecule has 1 heterocycles. The van der Waals surface area contributed by atoms with E-state index in [-0.39, 0.29) is 6.04 Å². The third-order valence-corrected chi connectivity index (χ3v) is 3.58. The zero-order valence-corrected chi connectivity index (χ0v) is 10.00. The molecule has 0 amide bonds. The van der Waals surface area contributed by atoms with Gasteiger partial charge in [0.05, 0.1) is 11.8 Å². The molecule has 1 aromatic carbocycles. The molecule has 1 aliphatic rings. The molecule has 2 atom stereocenters. The summed E-state index contributed by atoms with van der Waals surface area (Å²) in [6.07, 6.45) is 1.62. The molecule has 0 spiro atoms. The normalized spacial score (nSPS) is 22.9. The van der Waals surface area contributed by atoms with Crippen LogP contribution in [0.1, 0.15) is 24.5 Å². The first-order chi connectivity index (χ1) is 7.20. The number of hydrogen-bond acceptors (Lipinski definition) is 3. The van der Waals surface area contributed by atoms with Gasteiger partial charge in [-0.3, -0.25) is 0 Å². The Kier molecular flexibility index (Phi) is 3.29. The number of anilines is 1. The van der Waals surface area contributed by atoms with Crippen molar-refractivity contribution in [1.29, 1.82) is 0 Å². The van der Waals surface area contributed by atoms with Crippen LogP contribution in [0.5, 0.6) is 0 Å². The van der Waals surface area contributed by atoms with E-state index in [1.807, 2.05) is 18.2 Å². The third kappa shape index (κ3) is 2.17. The van der Waals surface area contributed by atoms with Gasteiger partial charge in [-0.15, -0.1) is 0 Å². The van der Waals surface area contributed by atoms with E-state index < -0.39 is 6.10 Å². The minimum absolute atomic E-state index is 0.140. The van der Waals surface area contributed by atoms with Crippen LogP contribution in [-0.2, 0) is 0 Å². The predicted molar refractivity (Wildman–Crippen MR) is 64.5 cm³/mol. The minimum Gasteiger partial charge on any atom is -0.398 e. The number of aliphatic hydroxyl groups excluding tert-OH is 1. The molecule has 1 aromatic rings. The van der Waals surface area contributed by atoms with Crippen LogP contribution >= 0.6 is 15.9 Å². The van der Waals surface area contributed by atoms with Crippen molar-refractivity contribution in [2.75, 3.05) is 12.3 Å². The van der Waals surface area contributed by atoms with E-state index in [2.05, 4.69) is 21.2 Å². The average Bonchev–Trinajstić information content (AvgIpc) is 2.74. The van der Waals surface area contributed by atoms with Crippen LogP contribution in [0, 0.1) is 0 Å². The molecule has 0 saturated carbocycles. The molecule has 15 heavy (non-hydrogen) atoms. The van der Waals surface area contributed by atoms with Crippen molar-refractivity contribution in [3.63, 3.8) is 0 Å². The summed E-state index contributed by atoms with van der Waals surface area (Å²) >= 11 is 3.37. The third-order valence-electron chi connectivity index (χ3n) is 2.88. The summed E-state index contributed by atoms with van der Waals surface area (Å²) < 4.78 is 0.844. The monoisotopic (exact) mass is 270 g/mol. The Hall–Kier alpha value is -0.580. The molecule has 1 aliphatic heterocycles. The van der Waals surface area contributed by atoms with Crippen LogP contribution < -0.4 is 11.1 Å². The number of rotatable bonds is 2. The highest BCUT2D eigenvalue weighted by Crippen LogP contribution is 2.31. The van der Waals surface area contributed by atoms with Gasteiger partial charge in [0.15, 0.2) is 0 Å². The molecular formula is C11H15BrN2O. The van der Waals surface area contributed by atoms with E-state index >= 15 is 0 Å². The zero-order valence-electron chi connectivity index (χ0n) is 8.41. The molecule has 2 rings (SSSR count). The molecule has 4 heteroatoms. The van der Waals surface area contributed by atoms with Gasteiger partial charge in [-0.25, -0.2) is 0 Å². The van der Waals surface area contributed by atoms with Crippen molar-refractivity contribution in [2.24, 2.45) is 0 Å². The summed E-state index contributed by atoms with van der Waals surface area (Å²) in [7, 11) is 0. The Morgan fingerprint density at radius 2 is 2.33 bits per heavy atom. The van der Waals surface area contributed by atoms with Gasteiger partial charge in [-0.2, -0.15) is 0 Å². The lowest BCUT2D eigenvalue weighted by atomic mass is 9.99. The van der Waals surface area contributed by atoms with Crippen LogP contribution in [0.2, 0.25) is 0 Å². The number of benzene rings is 1. The maximum Gasteiger partial charge on any atom is 0.0963 e. The smallest absolute Gasteiger partial charge is 0.0963 e. The molecule has 1 fully saturated rings. The Morgan fingerprint density at radius 1 is 1.53 bits per heavy atom. The van der Waals surface area contributed by atoms with Crippen molar-refractivity contribution < 1.29 is 5.11 Å². The van der Waals surface area contributed by atoms with E-state index in [1.165, 1.54) is 0 Å². The average molecular weight is 271 g/mol. The molecule has 4 N–H and O–H groups in total. The van der Waals surface area contributed by atoms with Crippen LogP contribution in [0.3, 0.4) is 0 Å². The first-order valence-electron chi connectivity index (χ1n) is 5.15. The molecule has 1 saturated heterocycles. The van der Waals surface area contributed by atoms with E-state index in [0.717, 1.165) is 29.4 Å². The molecule has 0 aliphatic carbocycles. The summed E-state index contributed by atoms with van der Waals surface area (Å²) in [4.78, 5) is 0. The number of nitrogens with one attached hydrogen (secondary N) is 1. The number of hydrogen-bond donors (Lipinski definition) is 3. The van der Waals surface area contributed by atoms with Gasteiger partial charge in [-0.1, -0.05) is 12.1 Å². The first-order valence-corrected chi connectivity index (χ1v) is 5.95. The number of nitrogen functional groups attached to an aromatic ring is 1.